The first kappa shape index (κ1) is 13.3. The summed E-state index contributed by atoms with van der Waals surface area (Å²) in [4.78, 5) is 1.24. The quantitative estimate of drug-likeness (QED) is 0.671. The third-order valence-electron chi connectivity index (χ3n) is 2.51. The van der Waals surface area contributed by atoms with Crippen LogP contribution in [0.15, 0.2) is 51.8 Å². The summed E-state index contributed by atoms with van der Waals surface area (Å²) in [6.07, 6.45) is 0. The fourth-order valence-electron chi connectivity index (χ4n) is 1.57. The van der Waals surface area contributed by atoms with Crippen LogP contribution < -0.4 is 10.5 Å². The molecule has 0 saturated heterocycles. The molecule has 2 N–H and O–H groups in total. The first-order valence-electron chi connectivity index (χ1n) is 5.50. The van der Waals surface area contributed by atoms with E-state index in [0.717, 1.165) is 16.0 Å². The number of methoxy groups -OCH3 is 1. The van der Waals surface area contributed by atoms with Crippen molar-refractivity contribution in [1.82, 2.24) is 0 Å². The fraction of sp³-hybridized carbons (Fsp3) is 0.143. The van der Waals surface area contributed by atoms with E-state index in [-0.39, 0.29) is 0 Å². The van der Waals surface area contributed by atoms with Crippen LogP contribution in [0.1, 0.15) is 5.56 Å². The second-order valence-corrected chi connectivity index (χ2v) is 5.78. The molecule has 0 aliphatic rings. The molecule has 2 aromatic carbocycles. The molecule has 0 atom stereocenters. The van der Waals surface area contributed by atoms with Crippen LogP contribution >= 0.6 is 27.7 Å². The second kappa shape index (κ2) is 6.16. The molecule has 0 heterocycles. The molecule has 18 heavy (non-hydrogen) atoms. The molecule has 0 aliphatic heterocycles. The molecule has 0 fully saturated rings. The van der Waals surface area contributed by atoms with E-state index in [2.05, 4.69) is 28.1 Å². The van der Waals surface area contributed by atoms with Gasteiger partial charge in [-0.3, -0.25) is 0 Å². The topological polar surface area (TPSA) is 35.2 Å². The average Bonchev–Trinajstić information content (AvgIpc) is 2.38. The molecule has 0 spiro atoms. The normalized spacial score (nSPS) is 10.3. The van der Waals surface area contributed by atoms with Crippen LogP contribution in [0.5, 0.6) is 5.75 Å². The highest BCUT2D eigenvalue weighted by Crippen LogP contribution is 2.28. The zero-order chi connectivity index (χ0) is 13.0. The van der Waals surface area contributed by atoms with Crippen molar-refractivity contribution in [3.8, 4) is 5.75 Å². The van der Waals surface area contributed by atoms with Crippen LogP contribution in [0, 0.1) is 0 Å². The summed E-state index contributed by atoms with van der Waals surface area (Å²) in [6.45, 7) is 0. The summed E-state index contributed by atoms with van der Waals surface area (Å²) in [6, 6.07) is 14.2. The number of halogens is 1. The van der Waals surface area contributed by atoms with Crippen LogP contribution in [-0.2, 0) is 5.75 Å². The van der Waals surface area contributed by atoms with Gasteiger partial charge in [0.05, 0.1) is 12.8 Å². The van der Waals surface area contributed by atoms with Gasteiger partial charge in [0, 0.05) is 15.1 Å². The van der Waals surface area contributed by atoms with Crippen molar-refractivity contribution in [3.05, 3.63) is 52.5 Å². The first-order chi connectivity index (χ1) is 8.69. The zero-order valence-electron chi connectivity index (χ0n) is 10.0. The number of anilines is 1. The van der Waals surface area contributed by atoms with Gasteiger partial charge in [-0.05, 0) is 42.0 Å². The smallest absolute Gasteiger partial charge is 0.141 e. The Kier molecular flexibility index (Phi) is 4.55. The van der Waals surface area contributed by atoms with Crippen molar-refractivity contribution in [2.24, 2.45) is 0 Å². The van der Waals surface area contributed by atoms with E-state index in [1.807, 2.05) is 30.3 Å². The first-order valence-corrected chi connectivity index (χ1v) is 7.27. The summed E-state index contributed by atoms with van der Waals surface area (Å²) in [5, 5.41) is 0. The summed E-state index contributed by atoms with van der Waals surface area (Å²) < 4.78 is 6.24. The fourth-order valence-corrected chi connectivity index (χ4v) is 2.68. The molecule has 2 nitrogen and oxygen atoms in total. The van der Waals surface area contributed by atoms with E-state index in [1.165, 1.54) is 10.5 Å². The lowest BCUT2D eigenvalue weighted by Crippen LogP contribution is -1.93. The van der Waals surface area contributed by atoms with Gasteiger partial charge in [0.1, 0.15) is 5.75 Å². The number of nitrogen functional groups attached to an aromatic ring is 1. The van der Waals surface area contributed by atoms with Gasteiger partial charge in [-0.2, -0.15) is 0 Å². The SMILES string of the molecule is COc1ccc(CSc2ccc(Br)cc2)cc1N. The predicted molar refractivity (Wildman–Crippen MR) is 81.1 cm³/mol. The van der Waals surface area contributed by atoms with Crippen LogP contribution in [0.25, 0.3) is 0 Å². The van der Waals surface area contributed by atoms with Crippen molar-refractivity contribution < 1.29 is 4.74 Å². The Morgan fingerprint density at radius 2 is 1.89 bits per heavy atom. The molecular formula is C14H14BrNOS. The second-order valence-electron chi connectivity index (χ2n) is 3.82. The van der Waals surface area contributed by atoms with E-state index in [9.17, 15) is 0 Å². The Bertz CT molecular complexity index is 528. The number of ether oxygens (including phenoxy) is 1. The number of rotatable bonds is 4. The van der Waals surface area contributed by atoms with Gasteiger partial charge < -0.3 is 10.5 Å². The maximum atomic E-state index is 5.88. The van der Waals surface area contributed by atoms with Gasteiger partial charge >= 0.3 is 0 Å². The summed E-state index contributed by atoms with van der Waals surface area (Å²) in [5.41, 5.74) is 7.76. The largest absolute Gasteiger partial charge is 0.495 e. The number of thioether (sulfide) groups is 1. The highest BCUT2D eigenvalue weighted by Gasteiger charge is 2.01. The minimum Gasteiger partial charge on any atom is -0.495 e. The molecule has 0 amide bonds. The summed E-state index contributed by atoms with van der Waals surface area (Å²) >= 11 is 5.21. The predicted octanol–water partition coefficient (Wildman–Crippen LogP) is 4.33. The van der Waals surface area contributed by atoms with Crippen molar-refractivity contribution in [2.45, 2.75) is 10.6 Å². The van der Waals surface area contributed by atoms with Gasteiger partial charge in [0.25, 0.3) is 0 Å². The van der Waals surface area contributed by atoms with Crippen molar-refractivity contribution in [2.75, 3.05) is 12.8 Å². The summed E-state index contributed by atoms with van der Waals surface area (Å²) in [7, 11) is 1.63. The Labute approximate surface area is 120 Å². The number of nitrogens with two attached hydrogens (primary N) is 1. The highest BCUT2D eigenvalue weighted by atomic mass is 79.9. The third kappa shape index (κ3) is 3.43. The standard InChI is InChI=1S/C14H14BrNOS/c1-17-14-7-2-10(8-13(14)16)9-18-12-5-3-11(15)4-6-12/h2-8H,9,16H2,1H3. The molecule has 0 aromatic heterocycles. The Morgan fingerprint density at radius 1 is 1.17 bits per heavy atom. The molecule has 2 aromatic rings. The van der Waals surface area contributed by atoms with Crippen LogP contribution in [0.2, 0.25) is 0 Å². The van der Waals surface area contributed by atoms with Gasteiger partial charge in [0.2, 0.25) is 0 Å². The minimum absolute atomic E-state index is 0.686. The molecular weight excluding hydrogens is 310 g/mol. The molecule has 0 bridgehead atoms. The zero-order valence-corrected chi connectivity index (χ0v) is 12.4. The lowest BCUT2D eigenvalue weighted by Gasteiger charge is -2.07. The van der Waals surface area contributed by atoms with Crippen LogP contribution in [-0.4, -0.2) is 7.11 Å². The molecule has 0 unspecified atom stereocenters. The van der Waals surface area contributed by atoms with Crippen LogP contribution in [0.4, 0.5) is 5.69 Å². The Morgan fingerprint density at radius 3 is 2.50 bits per heavy atom. The molecule has 2 rings (SSSR count). The third-order valence-corrected chi connectivity index (χ3v) is 4.13. The van der Waals surface area contributed by atoms with Gasteiger partial charge in [-0.1, -0.05) is 22.0 Å². The molecule has 94 valence electrons. The Hall–Kier alpha value is -1.13. The molecule has 0 radical (unpaired) electrons. The number of benzene rings is 2. The van der Waals surface area contributed by atoms with E-state index in [0.29, 0.717) is 5.69 Å². The molecule has 4 heteroatoms. The van der Waals surface area contributed by atoms with E-state index in [4.69, 9.17) is 10.5 Å². The highest BCUT2D eigenvalue weighted by molar-refractivity contribution is 9.10. The minimum atomic E-state index is 0.686. The van der Waals surface area contributed by atoms with Gasteiger partial charge in [0.15, 0.2) is 0 Å². The van der Waals surface area contributed by atoms with Crippen molar-refractivity contribution >= 4 is 33.4 Å². The maximum Gasteiger partial charge on any atom is 0.141 e. The lowest BCUT2D eigenvalue weighted by molar-refractivity contribution is 0.417. The van der Waals surface area contributed by atoms with E-state index in [1.54, 1.807) is 18.9 Å². The maximum absolute atomic E-state index is 5.88. The lowest BCUT2D eigenvalue weighted by atomic mass is 10.2. The Balaban J connectivity index is 2.02. The van der Waals surface area contributed by atoms with Crippen molar-refractivity contribution in [1.29, 1.82) is 0 Å². The number of hydrogen-bond acceptors (Lipinski definition) is 3. The van der Waals surface area contributed by atoms with Crippen molar-refractivity contribution in [3.63, 3.8) is 0 Å². The summed E-state index contributed by atoms with van der Waals surface area (Å²) in [5.74, 6) is 1.63. The van der Waals surface area contributed by atoms with E-state index < -0.39 is 0 Å². The van der Waals surface area contributed by atoms with Crippen LogP contribution in [0.3, 0.4) is 0 Å². The monoisotopic (exact) mass is 323 g/mol. The molecule has 0 saturated carbocycles. The van der Waals surface area contributed by atoms with E-state index >= 15 is 0 Å². The molecule has 0 aliphatic carbocycles. The number of hydrogen-bond donors (Lipinski definition) is 1. The van der Waals surface area contributed by atoms with Gasteiger partial charge in [-0.25, -0.2) is 0 Å². The van der Waals surface area contributed by atoms with Gasteiger partial charge in [-0.15, -0.1) is 11.8 Å². The average molecular weight is 324 g/mol.